The topological polar surface area (TPSA) is 106 Å². The molecule has 0 saturated carbocycles. The lowest BCUT2D eigenvalue weighted by Gasteiger charge is -2.12. The molecule has 0 atom stereocenters. The summed E-state index contributed by atoms with van der Waals surface area (Å²) in [5, 5.41) is 12.5. The lowest BCUT2D eigenvalue weighted by molar-refractivity contribution is 0.0697. The van der Waals surface area contributed by atoms with Gasteiger partial charge in [-0.3, -0.25) is 0 Å². The molecule has 0 saturated heterocycles. The molecule has 25 heavy (non-hydrogen) atoms. The Morgan fingerprint density at radius 2 is 1.96 bits per heavy atom. The molecule has 0 amide bonds. The van der Waals surface area contributed by atoms with E-state index in [1.165, 1.54) is 12.4 Å². The standard InChI is InChI=1S/C17H16N4O4/c1-3-25-13-9-18-15-14(12(17(22)23)8-19-16(15)21-13)20-10-4-6-11(24-2)7-5-10/h4-9H,3H2,1-2H3,(H,22,23)(H,19,20,21). The van der Waals surface area contributed by atoms with Crippen LogP contribution in [0.5, 0.6) is 11.6 Å². The largest absolute Gasteiger partial charge is 0.497 e. The van der Waals surface area contributed by atoms with Crippen LogP contribution in [0.15, 0.2) is 36.7 Å². The number of carboxylic acids is 1. The maximum Gasteiger partial charge on any atom is 0.339 e. The van der Waals surface area contributed by atoms with Gasteiger partial charge in [-0.25, -0.2) is 14.8 Å². The number of benzene rings is 1. The van der Waals surface area contributed by atoms with E-state index in [0.29, 0.717) is 40.8 Å². The zero-order valence-electron chi connectivity index (χ0n) is 13.7. The lowest BCUT2D eigenvalue weighted by atomic mass is 10.2. The third kappa shape index (κ3) is 3.42. The second-order valence-electron chi connectivity index (χ2n) is 5.02. The Morgan fingerprint density at radius 3 is 2.60 bits per heavy atom. The number of rotatable bonds is 6. The van der Waals surface area contributed by atoms with Crippen molar-refractivity contribution in [1.82, 2.24) is 15.0 Å². The molecule has 0 aliphatic heterocycles. The molecule has 0 radical (unpaired) electrons. The summed E-state index contributed by atoms with van der Waals surface area (Å²) >= 11 is 0. The lowest BCUT2D eigenvalue weighted by Crippen LogP contribution is -2.07. The zero-order chi connectivity index (χ0) is 17.8. The first-order chi connectivity index (χ1) is 12.1. The first-order valence-electron chi connectivity index (χ1n) is 7.55. The molecule has 0 unspecified atom stereocenters. The number of hydrogen-bond donors (Lipinski definition) is 2. The predicted molar refractivity (Wildman–Crippen MR) is 91.7 cm³/mol. The van der Waals surface area contributed by atoms with Crippen molar-refractivity contribution in [2.75, 3.05) is 19.0 Å². The third-order valence-electron chi connectivity index (χ3n) is 3.44. The van der Waals surface area contributed by atoms with E-state index < -0.39 is 5.97 Å². The molecule has 0 fully saturated rings. The van der Waals surface area contributed by atoms with E-state index in [9.17, 15) is 9.90 Å². The molecule has 8 heteroatoms. The van der Waals surface area contributed by atoms with E-state index in [2.05, 4.69) is 20.3 Å². The van der Waals surface area contributed by atoms with Gasteiger partial charge in [-0.05, 0) is 31.2 Å². The molecule has 2 aromatic heterocycles. The quantitative estimate of drug-likeness (QED) is 0.705. The van der Waals surface area contributed by atoms with Crippen molar-refractivity contribution in [3.8, 4) is 11.6 Å². The average Bonchev–Trinajstić information content (AvgIpc) is 2.62. The molecule has 2 N–H and O–H groups in total. The number of aromatic nitrogens is 3. The highest BCUT2D eigenvalue weighted by Crippen LogP contribution is 2.28. The van der Waals surface area contributed by atoms with Crippen LogP contribution in [0.4, 0.5) is 11.4 Å². The molecule has 0 aliphatic rings. The maximum absolute atomic E-state index is 11.6. The van der Waals surface area contributed by atoms with E-state index in [-0.39, 0.29) is 5.56 Å². The van der Waals surface area contributed by atoms with E-state index in [1.807, 2.05) is 6.92 Å². The molecule has 128 valence electrons. The van der Waals surface area contributed by atoms with Gasteiger partial charge in [-0.15, -0.1) is 0 Å². The van der Waals surface area contributed by atoms with Gasteiger partial charge in [-0.1, -0.05) is 0 Å². The minimum atomic E-state index is -1.11. The van der Waals surface area contributed by atoms with Crippen molar-refractivity contribution >= 4 is 28.5 Å². The summed E-state index contributed by atoms with van der Waals surface area (Å²) in [5.74, 6) is -0.0770. The molecule has 3 aromatic rings. The Kier molecular flexibility index (Phi) is 4.60. The fraction of sp³-hybridized carbons (Fsp3) is 0.176. The van der Waals surface area contributed by atoms with E-state index in [1.54, 1.807) is 31.4 Å². The van der Waals surface area contributed by atoms with Gasteiger partial charge in [0.1, 0.15) is 16.8 Å². The number of nitrogens with zero attached hydrogens (tertiary/aromatic N) is 3. The Hall–Kier alpha value is -3.42. The van der Waals surface area contributed by atoms with Gasteiger partial charge in [0.25, 0.3) is 0 Å². The van der Waals surface area contributed by atoms with Crippen LogP contribution >= 0.6 is 0 Å². The molecule has 3 rings (SSSR count). The predicted octanol–water partition coefficient (Wildman–Crippen LogP) is 2.87. The number of ether oxygens (including phenoxy) is 2. The highest BCUT2D eigenvalue weighted by molar-refractivity contribution is 6.03. The van der Waals surface area contributed by atoms with Gasteiger partial charge in [0, 0.05) is 11.9 Å². The second-order valence-corrected chi connectivity index (χ2v) is 5.02. The molecule has 1 aromatic carbocycles. The van der Waals surface area contributed by atoms with Gasteiger partial charge < -0.3 is 19.9 Å². The van der Waals surface area contributed by atoms with E-state index >= 15 is 0 Å². The van der Waals surface area contributed by atoms with Crippen LogP contribution in [0, 0.1) is 0 Å². The Bertz CT molecular complexity index is 912. The Labute approximate surface area is 143 Å². The van der Waals surface area contributed by atoms with Gasteiger partial charge in [0.2, 0.25) is 5.88 Å². The number of fused-ring (bicyclic) bond motifs is 1. The zero-order valence-corrected chi connectivity index (χ0v) is 13.7. The van der Waals surface area contributed by atoms with Crippen molar-refractivity contribution in [2.45, 2.75) is 6.92 Å². The van der Waals surface area contributed by atoms with Crippen LogP contribution in [0.1, 0.15) is 17.3 Å². The number of methoxy groups -OCH3 is 1. The van der Waals surface area contributed by atoms with Crippen molar-refractivity contribution in [3.05, 3.63) is 42.2 Å². The van der Waals surface area contributed by atoms with Crippen molar-refractivity contribution in [2.24, 2.45) is 0 Å². The van der Waals surface area contributed by atoms with E-state index in [4.69, 9.17) is 9.47 Å². The van der Waals surface area contributed by atoms with Crippen LogP contribution in [0.3, 0.4) is 0 Å². The molecule has 0 bridgehead atoms. The van der Waals surface area contributed by atoms with Crippen LogP contribution in [-0.4, -0.2) is 39.7 Å². The first kappa shape index (κ1) is 16.4. The first-order valence-corrected chi connectivity index (χ1v) is 7.55. The van der Waals surface area contributed by atoms with Gasteiger partial charge in [0.05, 0.1) is 25.6 Å². The molecule has 0 spiro atoms. The summed E-state index contributed by atoms with van der Waals surface area (Å²) in [6.07, 6.45) is 2.69. The summed E-state index contributed by atoms with van der Waals surface area (Å²) < 4.78 is 10.4. The van der Waals surface area contributed by atoms with Crippen LogP contribution in [0.2, 0.25) is 0 Å². The summed E-state index contributed by atoms with van der Waals surface area (Å²) in [7, 11) is 1.58. The average molecular weight is 340 g/mol. The van der Waals surface area contributed by atoms with Gasteiger partial charge in [0.15, 0.2) is 5.65 Å². The highest BCUT2D eigenvalue weighted by Gasteiger charge is 2.17. The Morgan fingerprint density at radius 1 is 1.20 bits per heavy atom. The third-order valence-corrected chi connectivity index (χ3v) is 3.44. The summed E-state index contributed by atoms with van der Waals surface area (Å²) in [6, 6.07) is 7.09. The highest BCUT2D eigenvalue weighted by atomic mass is 16.5. The van der Waals surface area contributed by atoms with Crippen molar-refractivity contribution < 1.29 is 19.4 Å². The fourth-order valence-electron chi connectivity index (χ4n) is 2.27. The number of carbonyl (C=O) groups is 1. The number of hydrogen-bond acceptors (Lipinski definition) is 7. The Balaban J connectivity index is 2.08. The van der Waals surface area contributed by atoms with Gasteiger partial charge in [-0.2, -0.15) is 4.98 Å². The van der Waals surface area contributed by atoms with Crippen molar-refractivity contribution in [3.63, 3.8) is 0 Å². The number of anilines is 2. The molecule has 2 heterocycles. The number of aromatic carboxylic acids is 1. The molecule has 0 aliphatic carbocycles. The van der Waals surface area contributed by atoms with E-state index in [0.717, 1.165) is 0 Å². The van der Waals surface area contributed by atoms with Crippen LogP contribution in [0.25, 0.3) is 11.2 Å². The van der Waals surface area contributed by atoms with Crippen LogP contribution in [-0.2, 0) is 0 Å². The number of pyridine rings is 1. The summed E-state index contributed by atoms with van der Waals surface area (Å²) in [5.41, 5.74) is 1.65. The van der Waals surface area contributed by atoms with Crippen LogP contribution < -0.4 is 14.8 Å². The number of carboxylic acid groups (broad SMARTS) is 1. The normalized spacial score (nSPS) is 10.5. The minimum Gasteiger partial charge on any atom is -0.497 e. The summed E-state index contributed by atoms with van der Waals surface area (Å²) in [4.78, 5) is 24.2. The smallest absolute Gasteiger partial charge is 0.339 e. The molecule has 8 nitrogen and oxygen atoms in total. The maximum atomic E-state index is 11.6. The molecular weight excluding hydrogens is 324 g/mol. The SMILES string of the molecule is CCOc1cnc2c(Nc3ccc(OC)cc3)c(C(=O)O)cnc2n1. The van der Waals surface area contributed by atoms with Gasteiger partial charge >= 0.3 is 5.97 Å². The minimum absolute atomic E-state index is 0.00165. The fourth-order valence-corrected chi connectivity index (χ4v) is 2.27. The van der Waals surface area contributed by atoms with Crippen molar-refractivity contribution in [1.29, 1.82) is 0 Å². The number of nitrogens with one attached hydrogen (secondary N) is 1. The molecular formula is C17H16N4O4. The second kappa shape index (κ2) is 7.00. The summed E-state index contributed by atoms with van der Waals surface area (Å²) in [6.45, 7) is 2.29. The monoisotopic (exact) mass is 340 g/mol.